The minimum Gasteiger partial charge on any atom is -0.454 e. The van der Waals surface area contributed by atoms with E-state index in [0.717, 1.165) is 17.0 Å². The molecular formula is C16H14N6O2. The number of imidazole rings is 1. The van der Waals surface area contributed by atoms with Gasteiger partial charge in [0.25, 0.3) is 5.91 Å². The minimum atomic E-state index is -0.251. The molecule has 0 saturated heterocycles. The molecule has 4 aromatic heterocycles. The maximum Gasteiger partial charge on any atom is 0.286 e. The fourth-order valence-electron chi connectivity index (χ4n) is 2.54. The number of nitrogens with one attached hydrogen (secondary N) is 1. The third kappa shape index (κ3) is 2.34. The normalized spacial score (nSPS) is 11.0. The van der Waals surface area contributed by atoms with Crippen LogP contribution in [0, 0.1) is 0 Å². The number of furan rings is 1. The summed E-state index contributed by atoms with van der Waals surface area (Å²) in [5.41, 5.74) is 1.56. The molecule has 1 N–H and O–H groups in total. The molecule has 0 spiro atoms. The van der Waals surface area contributed by atoms with E-state index in [-0.39, 0.29) is 11.7 Å². The summed E-state index contributed by atoms with van der Waals surface area (Å²) in [6, 6.07) is 5.25. The van der Waals surface area contributed by atoms with E-state index in [1.165, 1.54) is 0 Å². The van der Waals surface area contributed by atoms with E-state index in [1.54, 1.807) is 42.3 Å². The molecule has 0 bridgehead atoms. The number of rotatable bonds is 4. The van der Waals surface area contributed by atoms with Gasteiger partial charge in [0.1, 0.15) is 11.6 Å². The largest absolute Gasteiger partial charge is 0.454 e. The zero-order valence-corrected chi connectivity index (χ0v) is 12.9. The average molecular weight is 322 g/mol. The summed E-state index contributed by atoms with van der Waals surface area (Å²) in [5.74, 6) is 1.43. The smallest absolute Gasteiger partial charge is 0.286 e. The molecule has 0 fully saturated rings. The molecule has 0 saturated carbocycles. The SMILES string of the molecule is CNC(=O)c1ccc(Cn2ccnc2-c2cnn3cccnc23)o1. The van der Waals surface area contributed by atoms with Crippen LogP contribution in [0.4, 0.5) is 0 Å². The van der Waals surface area contributed by atoms with Crippen LogP contribution >= 0.6 is 0 Å². The van der Waals surface area contributed by atoms with Crippen LogP contribution in [0.2, 0.25) is 0 Å². The van der Waals surface area contributed by atoms with E-state index in [4.69, 9.17) is 4.42 Å². The van der Waals surface area contributed by atoms with Crippen molar-refractivity contribution in [2.24, 2.45) is 0 Å². The quantitative estimate of drug-likeness (QED) is 0.616. The Bertz CT molecular complexity index is 1010. The molecule has 0 atom stereocenters. The molecule has 4 rings (SSSR count). The van der Waals surface area contributed by atoms with Gasteiger partial charge in [-0.3, -0.25) is 4.79 Å². The average Bonchev–Trinajstić information content (AvgIpc) is 3.33. The molecule has 0 aliphatic heterocycles. The lowest BCUT2D eigenvalue weighted by atomic mass is 10.3. The van der Waals surface area contributed by atoms with E-state index in [9.17, 15) is 4.79 Å². The van der Waals surface area contributed by atoms with Crippen LogP contribution in [-0.2, 0) is 6.54 Å². The zero-order valence-electron chi connectivity index (χ0n) is 12.9. The van der Waals surface area contributed by atoms with Crippen LogP contribution in [0.1, 0.15) is 16.3 Å². The maximum absolute atomic E-state index is 11.6. The van der Waals surface area contributed by atoms with Crippen LogP contribution < -0.4 is 5.32 Å². The van der Waals surface area contributed by atoms with Gasteiger partial charge >= 0.3 is 0 Å². The Morgan fingerprint density at radius 3 is 3.04 bits per heavy atom. The molecule has 0 aromatic carbocycles. The van der Waals surface area contributed by atoms with Crippen LogP contribution in [0.5, 0.6) is 0 Å². The topological polar surface area (TPSA) is 90.2 Å². The Labute approximate surface area is 136 Å². The molecule has 0 radical (unpaired) electrons. The fraction of sp³-hybridized carbons (Fsp3) is 0.125. The number of fused-ring (bicyclic) bond motifs is 1. The first-order valence-corrected chi connectivity index (χ1v) is 7.37. The number of hydrogen-bond donors (Lipinski definition) is 1. The lowest BCUT2D eigenvalue weighted by Crippen LogP contribution is -2.16. The summed E-state index contributed by atoms with van der Waals surface area (Å²) < 4.78 is 9.20. The van der Waals surface area contributed by atoms with Crippen molar-refractivity contribution in [1.29, 1.82) is 0 Å². The molecule has 4 heterocycles. The molecule has 1 amide bonds. The fourth-order valence-corrected chi connectivity index (χ4v) is 2.54. The second-order valence-electron chi connectivity index (χ2n) is 5.17. The second kappa shape index (κ2) is 5.65. The second-order valence-corrected chi connectivity index (χ2v) is 5.17. The first-order chi connectivity index (χ1) is 11.8. The summed E-state index contributed by atoms with van der Waals surface area (Å²) in [6.07, 6.45) is 8.85. The van der Waals surface area contributed by atoms with Crippen molar-refractivity contribution in [2.45, 2.75) is 6.54 Å². The Kier molecular flexibility index (Phi) is 3.34. The molecule has 120 valence electrons. The molecule has 0 aliphatic rings. The van der Waals surface area contributed by atoms with Crippen molar-refractivity contribution >= 4 is 11.6 Å². The minimum absolute atomic E-state index is 0.251. The maximum atomic E-state index is 11.6. The molecule has 8 heteroatoms. The van der Waals surface area contributed by atoms with Crippen LogP contribution in [-0.4, -0.2) is 37.1 Å². The van der Waals surface area contributed by atoms with E-state index < -0.39 is 0 Å². The predicted octanol–water partition coefficient (Wildman–Crippen LogP) is 1.59. The summed E-state index contributed by atoms with van der Waals surface area (Å²) >= 11 is 0. The van der Waals surface area contributed by atoms with Crippen molar-refractivity contribution in [3.63, 3.8) is 0 Å². The van der Waals surface area contributed by atoms with Crippen LogP contribution in [0.3, 0.4) is 0 Å². The van der Waals surface area contributed by atoms with Gasteiger partial charge in [-0.15, -0.1) is 0 Å². The van der Waals surface area contributed by atoms with Crippen LogP contribution in [0.15, 0.2) is 53.6 Å². The number of hydrogen-bond acceptors (Lipinski definition) is 5. The Morgan fingerprint density at radius 1 is 1.25 bits per heavy atom. The first-order valence-electron chi connectivity index (χ1n) is 7.37. The van der Waals surface area contributed by atoms with E-state index in [0.29, 0.717) is 12.3 Å². The summed E-state index contributed by atoms with van der Waals surface area (Å²) in [6.45, 7) is 0.455. The van der Waals surface area contributed by atoms with Gasteiger partial charge in [-0.25, -0.2) is 14.5 Å². The van der Waals surface area contributed by atoms with Crippen molar-refractivity contribution in [3.8, 4) is 11.4 Å². The molecule has 0 unspecified atom stereocenters. The third-order valence-corrected chi connectivity index (χ3v) is 3.67. The third-order valence-electron chi connectivity index (χ3n) is 3.67. The Hall–Kier alpha value is -3.42. The Balaban J connectivity index is 1.68. The standard InChI is InChI=1S/C16H14N6O2/c1-17-16(23)13-4-3-11(24-13)10-21-8-6-19-14(21)12-9-20-22-7-2-5-18-15(12)22/h2-9H,10H2,1H3,(H,17,23). The lowest BCUT2D eigenvalue weighted by Gasteiger charge is -2.04. The van der Waals surface area contributed by atoms with Gasteiger partial charge in [0.05, 0.1) is 18.3 Å². The van der Waals surface area contributed by atoms with E-state index in [1.807, 2.05) is 23.0 Å². The highest BCUT2D eigenvalue weighted by Gasteiger charge is 2.15. The summed E-state index contributed by atoms with van der Waals surface area (Å²) in [4.78, 5) is 20.4. The van der Waals surface area contributed by atoms with Gasteiger partial charge in [0.2, 0.25) is 0 Å². The van der Waals surface area contributed by atoms with Crippen molar-refractivity contribution in [2.75, 3.05) is 7.05 Å². The van der Waals surface area contributed by atoms with Crippen molar-refractivity contribution in [3.05, 3.63) is 60.7 Å². The molecular weight excluding hydrogens is 308 g/mol. The number of carbonyl (C=O) groups is 1. The predicted molar refractivity (Wildman–Crippen MR) is 85.4 cm³/mol. The van der Waals surface area contributed by atoms with Gasteiger partial charge in [-0.2, -0.15) is 5.10 Å². The lowest BCUT2D eigenvalue weighted by molar-refractivity contribution is 0.0933. The van der Waals surface area contributed by atoms with E-state index in [2.05, 4.69) is 20.4 Å². The highest BCUT2D eigenvalue weighted by Crippen LogP contribution is 2.22. The van der Waals surface area contributed by atoms with E-state index >= 15 is 0 Å². The van der Waals surface area contributed by atoms with Gasteiger partial charge in [-0.05, 0) is 18.2 Å². The molecule has 8 nitrogen and oxygen atoms in total. The van der Waals surface area contributed by atoms with Crippen LogP contribution in [0.25, 0.3) is 17.0 Å². The molecule has 24 heavy (non-hydrogen) atoms. The molecule has 4 aromatic rings. The number of amides is 1. The van der Waals surface area contributed by atoms with Crippen molar-refractivity contribution in [1.82, 2.24) is 29.5 Å². The highest BCUT2D eigenvalue weighted by molar-refractivity contribution is 5.91. The number of nitrogens with zero attached hydrogens (tertiary/aromatic N) is 5. The Morgan fingerprint density at radius 2 is 2.17 bits per heavy atom. The number of carbonyl (C=O) groups excluding carboxylic acids is 1. The first kappa shape index (κ1) is 14.2. The summed E-state index contributed by atoms with van der Waals surface area (Å²) in [7, 11) is 1.57. The van der Waals surface area contributed by atoms with Gasteiger partial charge in [0, 0.05) is 31.8 Å². The summed E-state index contributed by atoms with van der Waals surface area (Å²) in [5, 5.41) is 6.82. The number of aromatic nitrogens is 5. The monoisotopic (exact) mass is 322 g/mol. The van der Waals surface area contributed by atoms with Gasteiger partial charge in [0.15, 0.2) is 11.4 Å². The molecule has 0 aliphatic carbocycles. The van der Waals surface area contributed by atoms with Gasteiger partial charge in [-0.1, -0.05) is 0 Å². The zero-order chi connectivity index (χ0) is 16.5. The highest BCUT2D eigenvalue weighted by atomic mass is 16.4. The van der Waals surface area contributed by atoms with Crippen molar-refractivity contribution < 1.29 is 9.21 Å². The van der Waals surface area contributed by atoms with Gasteiger partial charge < -0.3 is 14.3 Å².